The Kier molecular flexibility index (Phi) is 48.6. The third-order valence-electron chi connectivity index (χ3n) is 10.3. The highest BCUT2D eigenvalue weighted by Gasteiger charge is 2.19. The number of rotatable bonds is 44. The van der Waals surface area contributed by atoms with E-state index in [2.05, 4.69) is 99.8 Å². The van der Waals surface area contributed by atoms with E-state index in [0.29, 0.717) is 19.3 Å². The Labute approximate surface area is 398 Å². The van der Waals surface area contributed by atoms with Gasteiger partial charge in [-0.05, 0) is 83.5 Å². The van der Waals surface area contributed by atoms with Crippen LogP contribution in [0.5, 0.6) is 0 Å². The number of hydrogen-bond donors (Lipinski definition) is 0. The number of unbranched alkanes of at least 4 members (excludes halogenated alkanes) is 17. The van der Waals surface area contributed by atoms with Crippen LogP contribution in [0.2, 0.25) is 0 Å². The van der Waals surface area contributed by atoms with E-state index in [1.54, 1.807) is 0 Å². The van der Waals surface area contributed by atoms with Gasteiger partial charge in [-0.25, -0.2) is 0 Å². The van der Waals surface area contributed by atoms with Gasteiger partial charge < -0.3 is 14.2 Å². The van der Waals surface area contributed by atoms with Crippen molar-refractivity contribution in [3.05, 3.63) is 134 Å². The second kappa shape index (κ2) is 52.2. The summed E-state index contributed by atoms with van der Waals surface area (Å²) in [7, 11) is 0. The molecule has 0 aromatic heterocycles. The van der Waals surface area contributed by atoms with Gasteiger partial charge in [0.25, 0.3) is 0 Å². The normalized spacial score (nSPS) is 13.2. The first-order valence-electron chi connectivity index (χ1n) is 25.8. The average molecular weight is 897 g/mol. The molecule has 0 aliphatic carbocycles. The summed E-state index contributed by atoms with van der Waals surface area (Å²) in [6, 6.07) is 0. The fourth-order valence-corrected chi connectivity index (χ4v) is 6.54. The van der Waals surface area contributed by atoms with E-state index in [4.69, 9.17) is 14.2 Å². The van der Waals surface area contributed by atoms with E-state index in [1.807, 2.05) is 54.7 Å². The van der Waals surface area contributed by atoms with Crippen LogP contribution >= 0.6 is 0 Å². The molecule has 0 saturated heterocycles. The first-order chi connectivity index (χ1) is 32.0. The molecule has 0 aromatic rings. The van der Waals surface area contributed by atoms with Crippen LogP contribution < -0.4 is 0 Å². The molecule has 6 heteroatoms. The van der Waals surface area contributed by atoms with Crippen LogP contribution in [-0.2, 0) is 28.6 Å². The van der Waals surface area contributed by atoms with E-state index in [9.17, 15) is 14.4 Å². The summed E-state index contributed by atoms with van der Waals surface area (Å²) in [5, 5.41) is 0. The van der Waals surface area contributed by atoms with Gasteiger partial charge in [0.1, 0.15) is 13.2 Å². The Bertz CT molecular complexity index is 1450. The predicted molar refractivity (Wildman–Crippen MR) is 279 cm³/mol. The number of esters is 3. The topological polar surface area (TPSA) is 78.9 Å². The first kappa shape index (κ1) is 60.5. The zero-order valence-corrected chi connectivity index (χ0v) is 41.4. The summed E-state index contributed by atoms with van der Waals surface area (Å²) in [5.74, 6) is -1.02. The van der Waals surface area contributed by atoms with Gasteiger partial charge in [-0.2, -0.15) is 0 Å². The predicted octanol–water partition coefficient (Wildman–Crippen LogP) is 17.1. The van der Waals surface area contributed by atoms with Crippen LogP contribution in [-0.4, -0.2) is 37.2 Å². The molecule has 0 saturated carbocycles. The van der Waals surface area contributed by atoms with Crippen LogP contribution in [0, 0.1) is 0 Å². The number of allylic oxidation sites excluding steroid dienone is 22. The average Bonchev–Trinajstić information content (AvgIpc) is 3.30. The zero-order chi connectivity index (χ0) is 47.2. The zero-order valence-electron chi connectivity index (χ0n) is 41.4. The summed E-state index contributed by atoms with van der Waals surface area (Å²) in [6.45, 7) is 6.16. The number of carbonyl (C=O) groups excluding carboxylic acids is 3. The molecule has 0 aliphatic heterocycles. The number of hydrogen-bond acceptors (Lipinski definition) is 6. The Morgan fingerprint density at radius 1 is 0.323 bits per heavy atom. The largest absolute Gasteiger partial charge is 0.462 e. The van der Waals surface area contributed by atoms with Crippen LogP contribution in [0.1, 0.15) is 201 Å². The van der Waals surface area contributed by atoms with E-state index < -0.39 is 6.10 Å². The van der Waals surface area contributed by atoms with Crippen LogP contribution in [0.15, 0.2) is 134 Å². The standard InChI is InChI=1S/C59H92O6/c1-4-7-10-13-16-19-22-25-27-28-29-30-32-34-37-40-43-46-49-52-58(61)64-55-56(54-63-57(60)51-48-45-42-39-36-33-24-21-18-15-12-9-6-3)65-59(62)53-50-47-44-41-38-35-31-26-23-20-17-14-11-8-5-2/h7-12,14-21,23-25,27,33,36,39,42,56H,4-6,13,22,26,28-32,34-35,37-38,40-41,43-55H2,1-3H3/b10-7-,11-8-,12-9-,17-14-,18-15-,19-16-,23-20-,24-21-,27-25-,36-33-,42-39-. The van der Waals surface area contributed by atoms with Crippen molar-refractivity contribution in [1.82, 2.24) is 0 Å². The molecule has 0 aromatic carbocycles. The maximum Gasteiger partial charge on any atom is 0.306 e. The molecule has 0 radical (unpaired) electrons. The molecule has 6 nitrogen and oxygen atoms in total. The van der Waals surface area contributed by atoms with Crippen LogP contribution in [0.25, 0.3) is 0 Å². The SMILES string of the molecule is CC\C=C/C=C\C=C/C=C\C=C/CCCC(=O)OCC(COC(=O)CCCCCCCCCCC/C=C\C/C=C\C/C=C\CC)OC(=O)CCCCCCCCC\C=C/C=C\C=C/CC. The summed E-state index contributed by atoms with van der Waals surface area (Å²) < 4.78 is 16.7. The molecular formula is C59H92O6. The number of ether oxygens (including phenoxy) is 3. The van der Waals surface area contributed by atoms with Gasteiger partial charge in [-0.3, -0.25) is 14.4 Å². The molecule has 0 rings (SSSR count). The van der Waals surface area contributed by atoms with E-state index >= 15 is 0 Å². The smallest absolute Gasteiger partial charge is 0.306 e. The molecule has 1 unspecified atom stereocenters. The fourth-order valence-electron chi connectivity index (χ4n) is 6.54. The van der Waals surface area contributed by atoms with E-state index in [0.717, 1.165) is 96.3 Å². The molecule has 0 amide bonds. The van der Waals surface area contributed by atoms with Gasteiger partial charge in [0.2, 0.25) is 0 Å². The number of carbonyl (C=O) groups is 3. The van der Waals surface area contributed by atoms with Gasteiger partial charge in [0.15, 0.2) is 6.10 Å². The minimum atomic E-state index is -0.820. The lowest BCUT2D eigenvalue weighted by molar-refractivity contribution is -0.167. The lowest BCUT2D eigenvalue weighted by atomic mass is 10.1. The van der Waals surface area contributed by atoms with Crippen molar-refractivity contribution in [2.75, 3.05) is 13.2 Å². The van der Waals surface area contributed by atoms with Crippen molar-refractivity contribution in [3.63, 3.8) is 0 Å². The molecular weight excluding hydrogens is 805 g/mol. The van der Waals surface area contributed by atoms with Crippen molar-refractivity contribution in [2.24, 2.45) is 0 Å². The molecule has 0 aliphatic rings. The van der Waals surface area contributed by atoms with Gasteiger partial charge in [-0.1, -0.05) is 231 Å². The minimum Gasteiger partial charge on any atom is -0.462 e. The Balaban J connectivity index is 4.49. The maximum absolute atomic E-state index is 12.8. The summed E-state index contributed by atoms with van der Waals surface area (Å²) in [4.78, 5) is 38.0. The summed E-state index contributed by atoms with van der Waals surface area (Å²) >= 11 is 0. The molecule has 0 bridgehead atoms. The molecule has 0 heterocycles. The second-order valence-corrected chi connectivity index (χ2v) is 16.5. The quantitative estimate of drug-likeness (QED) is 0.0199. The molecule has 0 spiro atoms. The Morgan fingerprint density at radius 3 is 1.11 bits per heavy atom. The van der Waals surface area contributed by atoms with E-state index in [1.165, 1.54) is 57.8 Å². The molecule has 364 valence electrons. The second-order valence-electron chi connectivity index (χ2n) is 16.5. The lowest BCUT2D eigenvalue weighted by Crippen LogP contribution is -2.30. The highest BCUT2D eigenvalue weighted by Crippen LogP contribution is 2.14. The van der Waals surface area contributed by atoms with Crippen molar-refractivity contribution in [1.29, 1.82) is 0 Å². The Hall–Kier alpha value is -4.45. The third kappa shape index (κ3) is 50.4. The minimum absolute atomic E-state index is 0.113. The van der Waals surface area contributed by atoms with Gasteiger partial charge in [-0.15, -0.1) is 0 Å². The van der Waals surface area contributed by atoms with Crippen molar-refractivity contribution < 1.29 is 28.6 Å². The van der Waals surface area contributed by atoms with Crippen LogP contribution in [0.3, 0.4) is 0 Å². The van der Waals surface area contributed by atoms with Gasteiger partial charge in [0, 0.05) is 19.3 Å². The monoisotopic (exact) mass is 897 g/mol. The first-order valence-corrected chi connectivity index (χ1v) is 25.8. The highest BCUT2D eigenvalue weighted by atomic mass is 16.6. The maximum atomic E-state index is 12.8. The fraction of sp³-hybridized carbons (Fsp3) is 0.576. The molecule has 1 atom stereocenters. The van der Waals surface area contributed by atoms with Crippen molar-refractivity contribution in [2.45, 2.75) is 207 Å². The third-order valence-corrected chi connectivity index (χ3v) is 10.3. The summed E-state index contributed by atoms with van der Waals surface area (Å²) in [5.41, 5.74) is 0. The summed E-state index contributed by atoms with van der Waals surface area (Å²) in [6.07, 6.45) is 73.0. The molecule has 0 N–H and O–H groups in total. The van der Waals surface area contributed by atoms with E-state index in [-0.39, 0.29) is 37.5 Å². The van der Waals surface area contributed by atoms with Gasteiger partial charge >= 0.3 is 17.9 Å². The lowest BCUT2D eigenvalue weighted by Gasteiger charge is -2.18. The van der Waals surface area contributed by atoms with Crippen molar-refractivity contribution >= 4 is 17.9 Å². The Morgan fingerprint density at radius 2 is 0.646 bits per heavy atom. The molecule has 0 fully saturated rings. The van der Waals surface area contributed by atoms with Crippen LogP contribution in [0.4, 0.5) is 0 Å². The van der Waals surface area contributed by atoms with Crippen molar-refractivity contribution in [3.8, 4) is 0 Å². The highest BCUT2D eigenvalue weighted by molar-refractivity contribution is 5.71. The molecule has 65 heavy (non-hydrogen) atoms. The van der Waals surface area contributed by atoms with Gasteiger partial charge in [0.05, 0.1) is 0 Å².